The first-order valence-electron chi connectivity index (χ1n) is 30.6. The second kappa shape index (κ2) is 38.3. The molecule has 0 radical (unpaired) electrons. The van der Waals surface area contributed by atoms with E-state index in [4.69, 9.17) is 34.4 Å². The van der Waals surface area contributed by atoms with Gasteiger partial charge in [0.05, 0.1) is 25.4 Å². The van der Waals surface area contributed by atoms with Crippen molar-refractivity contribution in [3.63, 3.8) is 0 Å². The SMILES string of the molecule is CC(C)[C@H](NC(=O)[C@H](Cc1ccc(O)cc1)NC(=O)[C@H](Cc1cnc[nH]1)NC(=O)[C@H](CC(=O)O)NC(=O)[C@H](CCCN=C(N)N)NC(=O)[C@H](CO)NC(=O)[C@@H](N)CCC(N)=O)C(=O)N[C@H](C(=O)N[C@@H](CCCN=C(N)N)C(=O)N[C@@H](Cc1c[nH]c2ccccc12)C(=O)O)C(C)C. The molecule has 2 aromatic carbocycles. The fraction of sp³-hybridized carbons (Fsp3) is 0.483. The number of amides is 10. The highest BCUT2D eigenvalue weighted by Gasteiger charge is 2.38. The van der Waals surface area contributed by atoms with Crippen LogP contribution in [0, 0.1) is 11.8 Å². The quantitative estimate of drug-likeness (QED) is 0.0112. The van der Waals surface area contributed by atoms with E-state index in [1.807, 2.05) is 0 Å². The van der Waals surface area contributed by atoms with Gasteiger partial charge < -0.3 is 113 Å². The maximum absolute atomic E-state index is 14.7. The number of benzene rings is 2. The molecule has 524 valence electrons. The number of aliphatic hydroxyl groups excluding tert-OH is 1. The molecule has 0 aliphatic carbocycles. The van der Waals surface area contributed by atoms with Crippen molar-refractivity contribution in [3.05, 3.63) is 84.1 Å². The number of aliphatic carboxylic acids is 2. The normalized spacial score (nSPS) is 14.2. The molecule has 96 heavy (non-hydrogen) atoms. The average Bonchev–Trinajstić information content (AvgIpc) is 1.73. The van der Waals surface area contributed by atoms with Crippen LogP contribution >= 0.6 is 0 Å². The number of aliphatic hydroxyl groups is 1. The van der Waals surface area contributed by atoms with Crippen LogP contribution in [-0.4, -0.2) is 198 Å². The number of phenols is 1. The van der Waals surface area contributed by atoms with Gasteiger partial charge in [-0.1, -0.05) is 58.0 Å². The first-order chi connectivity index (χ1) is 45.4. The summed E-state index contributed by atoms with van der Waals surface area (Å²) in [4.78, 5) is 181. The van der Waals surface area contributed by atoms with Gasteiger partial charge in [-0.15, -0.1) is 0 Å². The van der Waals surface area contributed by atoms with Gasteiger partial charge in [-0.05, 0) is 73.3 Å². The standard InChI is InChI=1S/C60H88N20O16/c1-29(2)47(56(93)73-39(12-8-20-69-60(65)66)51(88)77-43(58(95)96)22-32-25-70-37-10-6-5-9-35(32)37)80-57(94)48(30(3)4)79-54(91)40(21-31-13-15-34(82)16-14-31)74-52(89)41(23-33-26-67-28-71-33)75-53(90)42(24-46(84)85)76-50(87)38(11-7-19-68-59(63)64)72-55(92)44(27-81)78-49(86)36(61)17-18-45(62)83/h5-6,9-10,13-16,25-26,28-30,36,38-44,47-48,70,81-82H,7-8,11-12,17-24,27,61H2,1-4H3,(H2,62,83)(H,67,71)(H,72,92)(H,73,93)(H,74,89)(H,75,90)(H,76,87)(H,77,88)(H,78,86)(H,79,91)(H,80,94)(H,84,85)(H,95,96)(H4,63,64,68)(H4,65,66,69)/t36-,38-,39-,40-,41-,42-,43-,44-,47-,48-/m0/s1. The zero-order valence-electron chi connectivity index (χ0n) is 53.5. The third-order valence-electron chi connectivity index (χ3n) is 14.9. The van der Waals surface area contributed by atoms with Gasteiger partial charge in [-0.3, -0.25) is 62.7 Å². The zero-order chi connectivity index (χ0) is 71.3. The topological polar surface area (TPSA) is 619 Å². The van der Waals surface area contributed by atoms with Gasteiger partial charge in [-0.2, -0.15) is 0 Å². The van der Waals surface area contributed by atoms with Crippen molar-refractivity contribution >= 4 is 93.8 Å². The maximum Gasteiger partial charge on any atom is 0.326 e. The van der Waals surface area contributed by atoms with Gasteiger partial charge in [0.2, 0.25) is 59.1 Å². The minimum atomic E-state index is -2.01. The van der Waals surface area contributed by atoms with E-state index in [1.54, 1.807) is 58.2 Å². The van der Waals surface area contributed by atoms with Crippen LogP contribution in [0.1, 0.15) is 89.5 Å². The number of carboxylic acid groups (broad SMARTS) is 2. The Kier molecular flexibility index (Phi) is 30.9. The summed E-state index contributed by atoms with van der Waals surface area (Å²) >= 11 is 0. The maximum atomic E-state index is 14.7. The first-order valence-corrected chi connectivity index (χ1v) is 30.6. The predicted molar refractivity (Wildman–Crippen MR) is 346 cm³/mol. The lowest BCUT2D eigenvalue weighted by molar-refractivity contribution is -0.142. The molecule has 4 rings (SSSR count). The summed E-state index contributed by atoms with van der Waals surface area (Å²) in [5.41, 5.74) is 34.8. The number of para-hydroxylation sites is 1. The molecule has 2 heterocycles. The zero-order valence-corrected chi connectivity index (χ0v) is 53.5. The number of H-pyrrole nitrogens is 2. The molecule has 0 aliphatic rings. The first kappa shape index (κ1) is 77.5. The van der Waals surface area contributed by atoms with Crippen LogP contribution in [0.25, 0.3) is 10.9 Å². The van der Waals surface area contributed by atoms with E-state index in [0.717, 1.165) is 10.9 Å². The van der Waals surface area contributed by atoms with Crippen molar-refractivity contribution in [1.29, 1.82) is 0 Å². The molecule has 2 aromatic heterocycles. The Morgan fingerprint density at radius 2 is 1.00 bits per heavy atom. The lowest BCUT2D eigenvalue weighted by Crippen LogP contribution is -2.62. The van der Waals surface area contributed by atoms with Gasteiger partial charge in [0, 0.05) is 67.8 Å². The van der Waals surface area contributed by atoms with Crippen molar-refractivity contribution in [2.45, 2.75) is 152 Å². The van der Waals surface area contributed by atoms with Gasteiger partial charge in [0.15, 0.2) is 11.9 Å². The molecule has 0 aliphatic heterocycles. The molecule has 27 N–H and O–H groups in total. The Bertz CT molecular complexity index is 3390. The number of aromatic nitrogens is 3. The number of hydrogen-bond acceptors (Lipinski definition) is 18. The van der Waals surface area contributed by atoms with Crippen molar-refractivity contribution in [3.8, 4) is 5.75 Å². The average molecular weight is 1350 g/mol. The number of imidazole rings is 1. The third kappa shape index (κ3) is 25.9. The van der Waals surface area contributed by atoms with E-state index in [2.05, 4.69) is 72.8 Å². The number of fused-ring (bicyclic) bond motifs is 1. The summed E-state index contributed by atoms with van der Waals surface area (Å²) in [5.74, 6) is -15.2. The Morgan fingerprint density at radius 3 is 1.52 bits per heavy atom. The van der Waals surface area contributed by atoms with E-state index >= 15 is 0 Å². The molecule has 0 saturated carbocycles. The summed E-state index contributed by atoms with van der Waals surface area (Å²) < 4.78 is 0. The highest BCUT2D eigenvalue weighted by molar-refractivity contribution is 6.00. The summed E-state index contributed by atoms with van der Waals surface area (Å²) in [6, 6.07) is -3.16. The highest BCUT2D eigenvalue weighted by atomic mass is 16.4. The Morgan fingerprint density at radius 1 is 0.531 bits per heavy atom. The number of rotatable bonds is 41. The number of primary amides is 1. The number of aliphatic imine (C=N–C) groups is 2. The van der Waals surface area contributed by atoms with E-state index in [1.165, 1.54) is 36.8 Å². The van der Waals surface area contributed by atoms with Crippen LogP contribution in [0.15, 0.2) is 77.2 Å². The summed E-state index contributed by atoms with van der Waals surface area (Å²) in [6.45, 7) is 5.22. The monoisotopic (exact) mass is 1340 g/mol. The Balaban J connectivity index is 1.61. The third-order valence-corrected chi connectivity index (χ3v) is 14.9. The van der Waals surface area contributed by atoms with Gasteiger partial charge in [-0.25, -0.2) is 9.78 Å². The van der Waals surface area contributed by atoms with Crippen molar-refractivity contribution in [1.82, 2.24) is 62.8 Å². The Labute approximate surface area is 550 Å². The lowest BCUT2D eigenvalue weighted by Gasteiger charge is -2.30. The molecule has 0 unspecified atom stereocenters. The molecular formula is C60H88N20O16. The fourth-order valence-corrected chi connectivity index (χ4v) is 9.64. The van der Waals surface area contributed by atoms with Crippen LogP contribution in [0.2, 0.25) is 0 Å². The fourth-order valence-electron chi connectivity index (χ4n) is 9.64. The van der Waals surface area contributed by atoms with E-state index in [9.17, 15) is 78.0 Å². The minimum absolute atomic E-state index is 0.0240. The number of nitrogens with one attached hydrogen (secondary N) is 11. The number of nitrogens with zero attached hydrogens (tertiary/aromatic N) is 3. The summed E-state index contributed by atoms with van der Waals surface area (Å²) in [7, 11) is 0. The number of carbonyl (C=O) groups is 12. The number of aromatic hydroxyl groups is 1. The number of phenolic OH excluding ortho intramolecular Hbond substituents is 1. The molecule has 0 fully saturated rings. The summed E-state index contributed by atoms with van der Waals surface area (Å²) in [5, 5.41) is 63.5. The molecule has 10 atom stereocenters. The van der Waals surface area contributed by atoms with Gasteiger partial charge >= 0.3 is 11.9 Å². The number of aromatic amines is 2. The number of carbonyl (C=O) groups excluding carboxylic acids is 10. The van der Waals surface area contributed by atoms with Crippen molar-refractivity contribution in [2.75, 3.05) is 19.7 Å². The molecule has 0 spiro atoms. The summed E-state index contributed by atoms with van der Waals surface area (Å²) in [6.07, 6.45) is 1.37. The predicted octanol–water partition coefficient (Wildman–Crippen LogP) is -5.45. The minimum Gasteiger partial charge on any atom is -0.508 e. The Hall–Kier alpha value is -10.9. The molecule has 0 saturated heterocycles. The molecule has 10 amide bonds. The van der Waals surface area contributed by atoms with Crippen LogP contribution in [0.5, 0.6) is 5.75 Å². The molecule has 36 heteroatoms. The number of carboxylic acids is 2. The molecule has 0 bridgehead atoms. The lowest BCUT2D eigenvalue weighted by atomic mass is 9.98. The largest absolute Gasteiger partial charge is 0.508 e. The molecule has 36 nitrogen and oxygen atoms in total. The highest BCUT2D eigenvalue weighted by Crippen LogP contribution is 2.20. The van der Waals surface area contributed by atoms with E-state index in [-0.39, 0.29) is 87.8 Å². The smallest absolute Gasteiger partial charge is 0.326 e. The van der Waals surface area contributed by atoms with E-state index < -0.39 is 163 Å². The van der Waals surface area contributed by atoms with Crippen LogP contribution in [-0.2, 0) is 76.8 Å². The van der Waals surface area contributed by atoms with Gasteiger partial charge in [0.25, 0.3) is 0 Å². The van der Waals surface area contributed by atoms with Crippen LogP contribution < -0.4 is 82.3 Å². The van der Waals surface area contributed by atoms with Crippen molar-refractivity contribution in [2.24, 2.45) is 56.2 Å². The van der Waals surface area contributed by atoms with Gasteiger partial charge in [0.1, 0.15) is 60.1 Å². The molecular weight excluding hydrogens is 1260 g/mol. The number of nitrogens with two attached hydrogens (primary N) is 6. The van der Waals surface area contributed by atoms with Crippen molar-refractivity contribution < 1.29 is 78.0 Å². The number of guanidine groups is 2. The second-order valence-corrected chi connectivity index (χ2v) is 23.2. The van der Waals surface area contributed by atoms with E-state index in [0.29, 0.717) is 11.1 Å². The number of hydrogen-bond donors (Lipinski definition) is 21. The molecule has 4 aromatic rings. The van der Waals surface area contributed by atoms with Crippen LogP contribution in [0.4, 0.5) is 0 Å². The van der Waals surface area contributed by atoms with Crippen LogP contribution in [0.3, 0.4) is 0 Å². The second-order valence-electron chi connectivity index (χ2n) is 23.2.